The van der Waals surface area contributed by atoms with Gasteiger partial charge in [0.25, 0.3) is 0 Å². The summed E-state index contributed by atoms with van der Waals surface area (Å²) in [6.07, 6.45) is 1.66. The maximum atomic E-state index is 8.72. The Morgan fingerprint density at radius 3 is 2.70 bits per heavy atom. The molecule has 2 aromatic rings. The normalized spacial score (nSPS) is 11.5. The molecule has 0 aliphatic carbocycles. The summed E-state index contributed by atoms with van der Waals surface area (Å²) < 4.78 is 6.14. The molecular weight excluding hydrogens is 318 g/mol. The number of rotatable bonds is 4. The summed E-state index contributed by atoms with van der Waals surface area (Å²) in [5.74, 6) is 0.806. The number of nitriles is 1. The third-order valence-corrected chi connectivity index (χ3v) is 3.56. The molecule has 0 aliphatic rings. The maximum absolute atomic E-state index is 8.72. The van der Waals surface area contributed by atoms with Gasteiger partial charge in [0, 0.05) is 6.04 Å². The highest BCUT2D eigenvalue weighted by Crippen LogP contribution is 2.29. The fraction of sp³-hybridized carbons (Fsp3) is 0.200. The largest absolute Gasteiger partial charge is 0.496 e. The molecule has 5 heteroatoms. The molecular formula is C15H14BrN3O. The van der Waals surface area contributed by atoms with E-state index < -0.39 is 0 Å². The zero-order chi connectivity index (χ0) is 14.5. The van der Waals surface area contributed by atoms with Crippen molar-refractivity contribution >= 4 is 21.6 Å². The van der Waals surface area contributed by atoms with Gasteiger partial charge in [0.05, 0.1) is 23.5 Å². The highest BCUT2D eigenvalue weighted by atomic mass is 79.9. The van der Waals surface area contributed by atoms with E-state index in [0.29, 0.717) is 5.69 Å². The van der Waals surface area contributed by atoms with Gasteiger partial charge in [-0.3, -0.25) is 0 Å². The number of halogens is 1. The number of pyridine rings is 1. The van der Waals surface area contributed by atoms with E-state index in [1.54, 1.807) is 19.4 Å². The summed E-state index contributed by atoms with van der Waals surface area (Å²) in [6, 6.07) is 11.6. The number of nitrogens with one attached hydrogen (secondary N) is 1. The van der Waals surface area contributed by atoms with Crippen molar-refractivity contribution < 1.29 is 4.74 Å². The molecule has 1 heterocycles. The highest BCUT2D eigenvalue weighted by molar-refractivity contribution is 9.10. The van der Waals surface area contributed by atoms with Crippen LogP contribution in [0.15, 0.2) is 41.0 Å². The lowest BCUT2D eigenvalue weighted by Crippen LogP contribution is -2.07. The summed E-state index contributed by atoms with van der Waals surface area (Å²) in [5, 5.41) is 12.1. The number of methoxy groups -OCH3 is 1. The zero-order valence-corrected chi connectivity index (χ0v) is 12.8. The molecule has 1 aromatic carbocycles. The summed E-state index contributed by atoms with van der Waals surface area (Å²) in [4.78, 5) is 4.04. The van der Waals surface area contributed by atoms with E-state index in [1.807, 2.05) is 30.3 Å². The number of hydrogen-bond acceptors (Lipinski definition) is 4. The quantitative estimate of drug-likeness (QED) is 0.923. The van der Waals surface area contributed by atoms with E-state index in [9.17, 15) is 0 Å². The number of ether oxygens (including phenoxy) is 1. The molecule has 1 atom stereocenters. The minimum atomic E-state index is 0.118. The van der Waals surface area contributed by atoms with E-state index in [1.165, 1.54) is 0 Å². The van der Waals surface area contributed by atoms with E-state index in [-0.39, 0.29) is 6.04 Å². The number of nitrogens with zero attached hydrogens (tertiary/aromatic N) is 2. The van der Waals surface area contributed by atoms with Crippen LogP contribution in [0.4, 0.5) is 5.69 Å². The van der Waals surface area contributed by atoms with Crippen LogP contribution in [0, 0.1) is 11.3 Å². The van der Waals surface area contributed by atoms with Crippen LogP contribution in [0.25, 0.3) is 0 Å². The maximum Gasteiger partial charge on any atom is 0.140 e. The SMILES string of the molecule is COc1ccc(C(C)Nc2ccc(C#N)nc2)cc1Br. The van der Waals surface area contributed by atoms with Crippen molar-refractivity contribution in [3.05, 3.63) is 52.3 Å². The molecule has 0 amide bonds. The molecule has 20 heavy (non-hydrogen) atoms. The van der Waals surface area contributed by atoms with Crippen molar-refractivity contribution in [2.45, 2.75) is 13.0 Å². The van der Waals surface area contributed by atoms with Crippen molar-refractivity contribution in [1.82, 2.24) is 4.98 Å². The van der Waals surface area contributed by atoms with Crippen molar-refractivity contribution in [1.29, 1.82) is 5.26 Å². The van der Waals surface area contributed by atoms with Gasteiger partial charge >= 0.3 is 0 Å². The van der Waals surface area contributed by atoms with Gasteiger partial charge in [-0.05, 0) is 52.7 Å². The predicted molar refractivity (Wildman–Crippen MR) is 81.7 cm³/mol. The summed E-state index contributed by atoms with van der Waals surface area (Å²) in [7, 11) is 1.64. The topological polar surface area (TPSA) is 57.9 Å². The summed E-state index contributed by atoms with van der Waals surface area (Å²) in [6.45, 7) is 2.06. The molecule has 2 rings (SSSR count). The molecule has 102 valence electrons. The first kappa shape index (κ1) is 14.4. The highest BCUT2D eigenvalue weighted by Gasteiger charge is 2.08. The minimum Gasteiger partial charge on any atom is -0.496 e. The number of aromatic nitrogens is 1. The fourth-order valence-electron chi connectivity index (χ4n) is 1.83. The second kappa shape index (κ2) is 6.40. The molecule has 0 fully saturated rings. The fourth-order valence-corrected chi connectivity index (χ4v) is 2.39. The molecule has 0 saturated carbocycles. The molecule has 0 saturated heterocycles. The van der Waals surface area contributed by atoms with Crippen LogP contribution >= 0.6 is 15.9 Å². The second-order valence-corrected chi connectivity index (χ2v) is 5.16. The van der Waals surface area contributed by atoms with Gasteiger partial charge in [-0.25, -0.2) is 4.98 Å². The molecule has 4 nitrogen and oxygen atoms in total. The smallest absolute Gasteiger partial charge is 0.140 e. The van der Waals surface area contributed by atoms with Gasteiger partial charge in [-0.2, -0.15) is 5.26 Å². The number of benzene rings is 1. The van der Waals surface area contributed by atoms with Crippen LogP contribution in [0.5, 0.6) is 5.75 Å². The standard InChI is InChI=1S/C15H14BrN3O/c1-10(11-3-6-15(20-2)14(16)7-11)19-13-5-4-12(8-17)18-9-13/h3-7,9-10,19H,1-2H3. The lowest BCUT2D eigenvalue weighted by Gasteiger charge is -2.16. The monoisotopic (exact) mass is 331 g/mol. The van der Waals surface area contributed by atoms with Crippen molar-refractivity contribution in [2.75, 3.05) is 12.4 Å². The van der Waals surface area contributed by atoms with Crippen LogP contribution in [-0.4, -0.2) is 12.1 Å². The Morgan fingerprint density at radius 2 is 2.15 bits per heavy atom. The molecule has 0 aliphatic heterocycles. The molecule has 1 aromatic heterocycles. The first-order chi connectivity index (χ1) is 9.63. The lowest BCUT2D eigenvalue weighted by molar-refractivity contribution is 0.412. The van der Waals surface area contributed by atoms with Gasteiger partial charge < -0.3 is 10.1 Å². The van der Waals surface area contributed by atoms with Crippen LogP contribution in [-0.2, 0) is 0 Å². The second-order valence-electron chi connectivity index (χ2n) is 4.30. The van der Waals surface area contributed by atoms with E-state index in [4.69, 9.17) is 10.00 Å². The number of anilines is 1. The third kappa shape index (κ3) is 3.28. The Labute approximate surface area is 126 Å². The van der Waals surface area contributed by atoms with Gasteiger partial charge in [0.2, 0.25) is 0 Å². The Hall–Kier alpha value is -2.06. The first-order valence-electron chi connectivity index (χ1n) is 6.10. The molecule has 0 spiro atoms. The van der Waals surface area contributed by atoms with E-state index in [2.05, 4.69) is 33.2 Å². The zero-order valence-electron chi connectivity index (χ0n) is 11.2. The third-order valence-electron chi connectivity index (χ3n) is 2.94. The van der Waals surface area contributed by atoms with Crippen LogP contribution in [0.1, 0.15) is 24.2 Å². The average molecular weight is 332 g/mol. The first-order valence-corrected chi connectivity index (χ1v) is 6.89. The molecule has 1 N–H and O–H groups in total. The predicted octanol–water partition coefficient (Wildman–Crippen LogP) is 3.90. The number of hydrogen-bond donors (Lipinski definition) is 1. The van der Waals surface area contributed by atoms with Crippen LogP contribution in [0.3, 0.4) is 0 Å². The summed E-state index contributed by atoms with van der Waals surface area (Å²) in [5.41, 5.74) is 2.42. The van der Waals surface area contributed by atoms with Crippen LogP contribution < -0.4 is 10.1 Å². The molecule has 1 unspecified atom stereocenters. The minimum absolute atomic E-state index is 0.118. The Bertz CT molecular complexity index is 635. The van der Waals surface area contributed by atoms with Gasteiger partial charge in [-0.15, -0.1) is 0 Å². The lowest BCUT2D eigenvalue weighted by atomic mass is 10.1. The Kier molecular flexibility index (Phi) is 4.59. The van der Waals surface area contributed by atoms with Crippen molar-refractivity contribution in [3.63, 3.8) is 0 Å². The van der Waals surface area contributed by atoms with E-state index >= 15 is 0 Å². The molecule has 0 radical (unpaired) electrons. The van der Waals surface area contributed by atoms with Crippen molar-refractivity contribution in [3.8, 4) is 11.8 Å². The van der Waals surface area contributed by atoms with E-state index in [0.717, 1.165) is 21.5 Å². The average Bonchev–Trinajstić information content (AvgIpc) is 2.48. The van der Waals surface area contributed by atoms with Gasteiger partial charge in [0.15, 0.2) is 0 Å². The Morgan fingerprint density at radius 1 is 1.35 bits per heavy atom. The Balaban J connectivity index is 2.13. The van der Waals surface area contributed by atoms with Crippen LogP contribution in [0.2, 0.25) is 0 Å². The summed E-state index contributed by atoms with van der Waals surface area (Å²) >= 11 is 3.48. The van der Waals surface area contributed by atoms with Crippen molar-refractivity contribution in [2.24, 2.45) is 0 Å². The van der Waals surface area contributed by atoms with Gasteiger partial charge in [0.1, 0.15) is 17.5 Å². The molecule has 0 bridgehead atoms. The van der Waals surface area contributed by atoms with Gasteiger partial charge in [-0.1, -0.05) is 6.07 Å².